The number of alkyl halides is 1. The summed E-state index contributed by atoms with van der Waals surface area (Å²) < 4.78 is 17.4. The number of hydrogen-bond acceptors (Lipinski definition) is 2. The van der Waals surface area contributed by atoms with Crippen LogP contribution in [-0.4, -0.2) is 20.3 Å². The Balaban J connectivity index is 2.67. The van der Waals surface area contributed by atoms with Crippen LogP contribution in [0.25, 0.3) is 0 Å². The van der Waals surface area contributed by atoms with Gasteiger partial charge >= 0.3 is 0 Å². The normalized spacial score (nSPS) is 10.3. The van der Waals surface area contributed by atoms with E-state index in [9.17, 15) is 4.39 Å². The highest BCUT2D eigenvalue weighted by atomic mass is 19.1. The van der Waals surface area contributed by atoms with Gasteiger partial charge in [0.2, 0.25) is 0 Å². The molecule has 1 aromatic rings. The van der Waals surface area contributed by atoms with Gasteiger partial charge in [-0.05, 0) is 20.0 Å². The van der Waals surface area contributed by atoms with Crippen molar-refractivity contribution in [2.45, 2.75) is 19.9 Å². The summed E-state index contributed by atoms with van der Waals surface area (Å²) in [6, 6.07) is 6.03. The molecule has 0 amide bonds. The van der Waals surface area contributed by atoms with Gasteiger partial charge in [-0.15, -0.1) is 0 Å². The van der Waals surface area contributed by atoms with Crippen LogP contribution in [0.5, 0.6) is 5.75 Å². The third-order valence-corrected chi connectivity index (χ3v) is 2.12. The Bertz CT molecular complexity index is 302. The molecule has 0 unspecified atom stereocenters. The molecule has 0 aliphatic heterocycles. The summed E-state index contributed by atoms with van der Waals surface area (Å²) in [5.74, 6) is 0.850. The number of aryl methyl sites for hydroxylation is 1. The molecule has 0 radical (unpaired) electrons. The molecule has 1 N–H and O–H groups in total. The van der Waals surface area contributed by atoms with Gasteiger partial charge in [0, 0.05) is 18.5 Å². The summed E-state index contributed by atoms with van der Waals surface area (Å²) in [4.78, 5) is 0. The molecule has 1 rings (SSSR count). The molecule has 15 heavy (non-hydrogen) atoms. The first-order valence-electron chi connectivity index (χ1n) is 5.21. The average Bonchev–Trinajstić information content (AvgIpc) is 2.22. The van der Waals surface area contributed by atoms with Crippen LogP contribution < -0.4 is 10.1 Å². The standard InChI is InChI=1S/C12H18FNO/c1-10-4-5-12(15-7-3-6-13)11(8-10)9-14-2/h4-5,8,14H,3,6-7,9H2,1-2H3. The molecule has 0 aliphatic rings. The van der Waals surface area contributed by atoms with Crippen molar-refractivity contribution in [3.63, 3.8) is 0 Å². The number of benzene rings is 1. The fraction of sp³-hybridized carbons (Fsp3) is 0.500. The molecular formula is C12H18FNO. The fourth-order valence-electron chi connectivity index (χ4n) is 1.41. The zero-order chi connectivity index (χ0) is 11.1. The van der Waals surface area contributed by atoms with Crippen LogP contribution in [0.1, 0.15) is 17.5 Å². The molecule has 0 saturated heterocycles. The third kappa shape index (κ3) is 3.88. The van der Waals surface area contributed by atoms with E-state index in [0.717, 1.165) is 17.9 Å². The Hall–Kier alpha value is -1.09. The number of rotatable bonds is 6. The van der Waals surface area contributed by atoms with Gasteiger partial charge in [-0.2, -0.15) is 0 Å². The maximum atomic E-state index is 11.9. The summed E-state index contributed by atoms with van der Waals surface area (Å²) in [5.41, 5.74) is 2.33. The highest BCUT2D eigenvalue weighted by Gasteiger charge is 2.02. The summed E-state index contributed by atoms with van der Waals surface area (Å²) in [6.07, 6.45) is 0.451. The highest BCUT2D eigenvalue weighted by molar-refractivity contribution is 5.36. The molecule has 0 aromatic heterocycles. The molecular weight excluding hydrogens is 193 g/mol. The van der Waals surface area contributed by atoms with Gasteiger partial charge in [0.15, 0.2) is 0 Å². The van der Waals surface area contributed by atoms with Crippen LogP contribution >= 0.6 is 0 Å². The van der Waals surface area contributed by atoms with E-state index in [4.69, 9.17) is 4.74 Å². The number of halogens is 1. The lowest BCUT2D eigenvalue weighted by Crippen LogP contribution is -2.08. The predicted octanol–water partition coefficient (Wildman–Crippen LogP) is 2.45. The second kappa shape index (κ2) is 6.40. The average molecular weight is 211 g/mol. The van der Waals surface area contributed by atoms with Gasteiger partial charge < -0.3 is 10.1 Å². The molecule has 0 saturated carbocycles. The molecule has 0 heterocycles. The molecule has 2 nitrogen and oxygen atoms in total. The van der Waals surface area contributed by atoms with Gasteiger partial charge in [0.25, 0.3) is 0 Å². The smallest absolute Gasteiger partial charge is 0.123 e. The number of ether oxygens (including phenoxy) is 1. The predicted molar refractivity (Wildman–Crippen MR) is 60.0 cm³/mol. The number of nitrogens with one attached hydrogen (secondary N) is 1. The maximum Gasteiger partial charge on any atom is 0.123 e. The summed E-state index contributed by atoms with van der Waals surface area (Å²) in [5, 5.41) is 3.09. The van der Waals surface area contributed by atoms with E-state index in [1.807, 2.05) is 26.1 Å². The van der Waals surface area contributed by atoms with Gasteiger partial charge in [0.1, 0.15) is 5.75 Å². The van der Waals surface area contributed by atoms with E-state index in [1.165, 1.54) is 5.56 Å². The molecule has 0 aliphatic carbocycles. The van der Waals surface area contributed by atoms with Gasteiger partial charge in [-0.25, -0.2) is 0 Å². The largest absolute Gasteiger partial charge is 0.493 e. The second-order valence-corrected chi connectivity index (χ2v) is 3.53. The van der Waals surface area contributed by atoms with Gasteiger partial charge in [-0.1, -0.05) is 17.7 Å². The molecule has 0 fully saturated rings. The SMILES string of the molecule is CNCc1cc(C)ccc1OCCCF. The van der Waals surface area contributed by atoms with Crippen LogP contribution in [-0.2, 0) is 6.54 Å². The molecule has 0 bridgehead atoms. The minimum Gasteiger partial charge on any atom is -0.493 e. The Morgan fingerprint density at radius 2 is 2.20 bits per heavy atom. The van der Waals surface area contributed by atoms with E-state index in [-0.39, 0.29) is 6.67 Å². The third-order valence-electron chi connectivity index (χ3n) is 2.12. The first-order chi connectivity index (χ1) is 7.27. The summed E-state index contributed by atoms with van der Waals surface area (Å²) in [7, 11) is 1.90. The van der Waals surface area contributed by atoms with E-state index >= 15 is 0 Å². The molecule has 1 aromatic carbocycles. The van der Waals surface area contributed by atoms with Crippen molar-refractivity contribution >= 4 is 0 Å². The van der Waals surface area contributed by atoms with Crippen molar-refractivity contribution in [1.29, 1.82) is 0 Å². The zero-order valence-electron chi connectivity index (χ0n) is 9.35. The quantitative estimate of drug-likeness (QED) is 0.730. The van der Waals surface area contributed by atoms with E-state index in [1.54, 1.807) is 0 Å². The van der Waals surface area contributed by atoms with Gasteiger partial charge in [-0.3, -0.25) is 4.39 Å². The highest BCUT2D eigenvalue weighted by Crippen LogP contribution is 2.20. The zero-order valence-corrected chi connectivity index (χ0v) is 9.35. The fourth-order valence-corrected chi connectivity index (χ4v) is 1.41. The van der Waals surface area contributed by atoms with E-state index in [2.05, 4.69) is 11.4 Å². The van der Waals surface area contributed by atoms with Gasteiger partial charge in [0.05, 0.1) is 13.3 Å². The second-order valence-electron chi connectivity index (χ2n) is 3.53. The van der Waals surface area contributed by atoms with Crippen molar-refractivity contribution in [3.05, 3.63) is 29.3 Å². The molecule has 0 atom stereocenters. The topological polar surface area (TPSA) is 21.3 Å². The number of hydrogen-bond donors (Lipinski definition) is 1. The minimum absolute atomic E-state index is 0.326. The van der Waals surface area contributed by atoms with Crippen LogP contribution in [0.4, 0.5) is 4.39 Å². The monoisotopic (exact) mass is 211 g/mol. The first kappa shape index (κ1) is 12.0. The summed E-state index contributed by atoms with van der Waals surface area (Å²) in [6.45, 7) is 2.93. The first-order valence-corrected chi connectivity index (χ1v) is 5.21. The van der Waals surface area contributed by atoms with Crippen LogP contribution in [0.15, 0.2) is 18.2 Å². The lowest BCUT2D eigenvalue weighted by atomic mass is 10.1. The van der Waals surface area contributed by atoms with E-state index < -0.39 is 0 Å². The Morgan fingerprint density at radius 3 is 2.87 bits per heavy atom. The molecule has 84 valence electrons. The van der Waals surface area contributed by atoms with Crippen molar-refractivity contribution in [1.82, 2.24) is 5.32 Å². The Morgan fingerprint density at radius 1 is 1.40 bits per heavy atom. The summed E-state index contributed by atoms with van der Waals surface area (Å²) >= 11 is 0. The maximum absolute atomic E-state index is 11.9. The van der Waals surface area contributed by atoms with Crippen LogP contribution in [0.2, 0.25) is 0 Å². The van der Waals surface area contributed by atoms with Crippen LogP contribution in [0, 0.1) is 6.92 Å². The lowest BCUT2D eigenvalue weighted by molar-refractivity contribution is 0.287. The molecule has 0 spiro atoms. The molecule has 3 heteroatoms. The Kier molecular flexibility index (Phi) is 5.12. The Labute approximate surface area is 90.4 Å². The minimum atomic E-state index is -0.326. The van der Waals surface area contributed by atoms with E-state index in [0.29, 0.717) is 13.0 Å². The van der Waals surface area contributed by atoms with Crippen LogP contribution in [0.3, 0.4) is 0 Å². The van der Waals surface area contributed by atoms with Crippen molar-refractivity contribution in [3.8, 4) is 5.75 Å². The van der Waals surface area contributed by atoms with Crippen molar-refractivity contribution in [2.24, 2.45) is 0 Å². The van der Waals surface area contributed by atoms with Crippen molar-refractivity contribution in [2.75, 3.05) is 20.3 Å². The van der Waals surface area contributed by atoms with Crippen molar-refractivity contribution < 1.29 is 9.13 Å². The lowest BCUT2D eigenvalue weighted by Gasteiger charge is -2.11.